The molecule has 21 heavy (non-hydrogen) atoms. The molecule has 0 saturated carbocycles. The average Bonchev–Trinajstić information content (AvgIpc) is 2.37. The molecule has 1 atom stereocenters. The number of nitro benzene ring substituents is 1. The number of benzene rings is 1. The Morgan fingerprint density at radius 1 is 1.33 bits per heavy atom. The van der Waals surface area contributed by atoms with Gasteiger partial charge in [0.05, 0.1) is 11.3 Å². The van der Waals surface area contributed by atoms with Crippen molar-refractivity contribution in [2.75, 3.05) is 6.54 Å². The van der Waals surface area contributed by atoms with Crippen LogP contribution in [-0.4, -0.2) is 23.4 Å². The molecule has 0 fully saturated rings. The highest BCUT2D eigenvalue weighted by atomic mass is 35.5. The van der Waals surface area contributed by atoms with Gasteiger partial charge in [0.15, 0.2) is 0 Å². The van der Waals surface area contributed by atoms with E-state index in [2.05, 4.69) is 19.2 Å². The minimum Gasteiger partial charge on any atom is -0.352 e. The number of nitrogens with zero attached hydrogens (tertiary/aromatic N) is 1. The summed E-state index contributed by atoms with van der Waals surface area (Å²) >= 11 is 0. The Kier molecular flexibility index (Phi) is 8.57. The fraction of sp³-hybridized carbons (Fsp3) is 0.500. The second kappa shape index (κ2) is 9.31. The van der Waals surface area contributed by atoms with Gasteiger partial charge in [-0.05, 0) is 17.9 Å². The zero-order valence-corrected chi connectivity index (χ0v) is 13.1. The molecule has 0 aliphatic carbocycles. The Morgan fingerprint density at radius 2 is 1.90 bits per heavy atom. The van der Waals surface area contributed by atoms with E-state index in [-0.39, 0.29) is 36.5 Å². The topological polar surface area (TPSA) is 98.3 Å². The van der Waals surface area contributed by atoms with Gasteiger partial charge in [0.25, 0.3) is 5.69 Å². The van der Waals surface area contributed by atoms with E-state index >= 15 is 0 Å². The van der Waals surface area contributed by atoms with Gasteiger partial charge in [-0.1, -0.05) is 26.0 Å². The lowest BCUT2D eigenvalue weighted by atomic mass is 10.0. The third kappa shape index (κ3) is 7.06. The molecule has 0 radical (unpaired) electrons. The van der Waals surface area contributed by atoms with Gasteiger partial charge in [0.1, 0.15) is 0 Å². The first-order valence-corrected chi connectivity index (χ1v) is 6.65. The van der Waals surface area contributed by atoms with Gasteiger partial charge in [-0.15, -0.1) is 12.4 Å². The van der Waals surface area contributed by atoms with E-state index in [0.29, 0.717) is 12.5 Å². The molecule has 0 aromatic heterocycles. The van der Waals surface area contributed by atoms with E-state index in [0.717, 1.165) is 12.0 Å². The highest BCUT2D eigenvalue weighted by molar-refractivity contribution is 5.85. The zero-order valence-electron chi connectivity index (χ0n) is 12.2. The molecular formula is C14H22ClN3O3. The third-order valence-corrected chi connectivity index (χ3v) is 2.92. The van der Waals surface area contributed by atoms with E-state index in [1.165, 1.54) is 12.1 Å². The van der Waals surface area contributed by atoms with Crippen LogP contribution in [-0.2, 0) is 11.2 Å². The highest BCUT2D eigenvalue weighted by Gasteiger charge is 2.13. The molecule has 0 aliphatic heterocycles. The van der Waals surface area contributed by atoms with Crippen molar-refractivity contribution in [2.45, 2.75) is 32.7 Å². The normalized spacial score (nSPS) is 11.6. The highest BCUT2D eigenvalue weighted by Crippen LogP contribution is 2.12. The summed E-state index contributed by atoms with van der Waals surface area (Å²) in [6, 6.07) is 5.96. The lowest BCUT2D eigenvalue weighted by molar-refractivity contribution is -0.384. The summed E-state index contributed by atoms with van der Waals surface area (Å²) in [5, 5.41) is 13.4. The SMILES string of the molecule is CC(C)CC(CN)NC(=O)Cc1ccc([N+](=O)[O-])cc1.Cl. The molecule has 1 aromatic rings. The number of carbonyl (C=O) groups excluding carboxylic acids is 1. The van der Waals surface area contributed by atoms with Gasteiger partial charge in [0.2, 0.25) is 5.91 Å². The lowest BCUT2D eigenvalue weighted by Gasteiger charge is -2.18. The van der Waals surface area contributed by atoms with E-state index in [9.17, 15) is 14.9 Å². The van der Waals surface area contributed by atoms with Crippen LogP contribution in [0.3, 0.4) is 0 Å². The molecule has 1 rings (SSSR count). The average molecular weight is 316 g/mol. The van der Waals surface area contributed by atoms with Crippen LogP contribution in [0.1, 0.15) is 25.8 Å². The number of rotatable bonds is 7. The summed E-state index contributed by atoms with van der Waals surface area (Å²) in [4.78, 5) is 22.0. The maximum absolute atomic E-state index is 11.9. The number of amides is 1. The molecule has 0 spiro atoms. The molecular weight excluding hydrogens is 294 g/mol. The molecule has 1 unspecified atom stereocenters. The van der Waals surface area contributed by atoms with E-state index in [1.807, 2.05) is 0 Å². The number of nitrogens with one attached hydrogen (secondary N) is 1. The van der Waals surface area contributed by atoms with Crippen molar-refractivity contribution in [3.63, 3.8) is 0 Å². The smallest absolute Gasteiger partial charge is 0.269 e. The van der Waals surface area contributed by atoms with Crippen molar-refractivity contribution in [3.8, 4) is 0 Å². The Bertz CT molecular complexity index is 463. The first kappa shape index (κ1) is 19.3. The molecule has 6 nitrogen and oxygen atoms in total. The molecule has 0 bridgehead atoms. The standard InChI is InChI=1S/C14H21N3O3.ClH/c1-10(2)7-12(9-15)16-14(18)8-11-3-5-13(6-4-11)17(19)20;/h3-6,10,12H,7-9,15H2,1-2H3,(H,16,18);1H. The van der Waals surface area contributed by atoms with Gasteiger partial charge in [-0.25, -0.2) is 0 Å². The molecule has 7 heteroatoms. The predicted molar refractivity (Wildman–Crippen MR) is 84.5 cm³/mol. The molecule has 1 aromatic carbocycles. The van der Waals surface area contributed by atoms with E-state index in [1.54, 1.807) is 12.1 Å². The van der Waals surface area contributed by atoms with Gasteiger partial charge in [-0.2, -0.15) is 0 Å². The summed E-state index contributed by atoms with van der Waals surface area (Å²) in [5.41, 5.74) is 6.39. The summed E-state index contributed by atoms with van der Waals surface area (Å²) in [5.74, 6) is 0.346. The number of hydrogen-bond acceptors (Lipinski definition) is 4. The molecule has 0 aliphatic rings. The van der Waals surface area contributed by atoms with Crippen molar-refractivity contribution in [1.29, 1.82) is 0 Å². The monoisotopic (exact) mass is 315 g/mol. The summed E-state index contributed by atoms with van der Waals surface area (Å²) in [6.07, 6.45) is 1.04. The number of hydrogen-bond donors (Lipinski definition) is 2. The number of carbonyl (C=O) groups is 1. The first-order chi connectivity index (χ1) is 9.42. The fourth-order valence-electron chi connectivity index (χ4n) is 1.98. The maximum atomic E-state index is 11.9. The van der Waals surface area contributed by atoms with E-state index in [4.69, 9.17) is 5.73 Å². The second-order valence-electron chi connectivity index (χ2n) is 5.23. The molecule has 0 heterocycles. The maximum Gasteiger partial charge on any atom is 0.269 e. The van der Waals surface area contributed by atoms with Crippen LogP contribution in [0, 0.1) is 16.0 Å². The van der Waals surface area contributed by atoms with E-state index < -0.39 is 4.92 Å². The quantitative estimate of drug-likeness (QED) is 0.594. The predicted octanol–water partition coefficient (Wildman–Crippen LogP) is 2.05. The first-order valence-electron chi connectivity index (χ1n) is 6.65. The van der Waals surface area contributed by atoms with Gasteiger partial charge < -0.3 is 11.1 Å². The second-order valence-corrected chi connectivity index (χ2v) is 5.23. The van der Waals surface area contributed by atoms with Crippen LogP contribution in [0.25, 0.3) is 0 Å². The molecule has 118 valence electrons. The molecule has 3 N–H and O–H groups in total. The Hall–Kier alpha value is -1.66. The number of nitrogens with two attached hydrogens (primary N) is 1. The largest absolute Gasteiger partial charge is 0.352 e. The fourth-order valence-corrected chi connectivity index (χ4v) is 1.98. The Balaban J connectivity index is 0.00000400. The van der Waals surface area contributed by atoms with Crippen molar-refractivity contribution in [2.24, 2.45) is 11.7 Å². The van der Waals surface area contributed by atoms with Gasteiger partial charge in [-0.3, -0.25) is 14.9 Å². The minimum absolute atomic E-state index is 0. The Labute approximate surface area is 130 Å². The third-order valence-electron chi connectivity index (χ3n) is 2.92. The van der Waals surface area contributed by atoms with Crippen LogP contribution in [0.15, 0.2) is 24.3 Å². The van der Waals surface area contributed by atoms with Crippen LogP contribution in [0.2, 0.25) is 0 Å². The molecule has 1 amide bonds. The summed E-state index contributed by atoms with van der Waals surface area (Å²) < 4.78 is 0. The number of halogens is 1. The van der Waals surface area contributed by atoms with Crippen LogP contribution in [0.4, 0.5) is 5.69 Å². The number of non-ortho nitro benzene ring substituents is 1. The van der Waals surface area contributed by atoms with Crippen molar-refractivity contribution < 1.29 is 9.72 Å². The summed E-state index contributed by atoms with van der Waals surface area (Å²) in [6.45, 7) is 4.56. The lowest BCUT2D eigenvalue weighted by Crippen LogP contribution is -2.41. The van der Waals surface area contributed by atoms with Gasteiger partial charge in [0, 0.05) is 24.7 Å². The minimum atomic E-state index is -0.461. The Morgan fingerprint density at radius 3 is 2.33 bits per heavy atom. The summed E-state index contributed by atoms with van der Waals surface area (Å²) in [7, 11) is 0. The van der Waals surface area contributed by atoms with Crippen molar-refractivity contribution >= 4 is 24.0 Å². The van der Waals surface area contributed by atoms with Crippen LogP contribution < -0.4 is 11.1 Å². The van der Waals surface area contributed by atoms with Gasteiger partial charge >= 0.3 is 0 Å². The van der Waals surface area contributed by atoms with Crippen molar-refractivity contribution in [3.05, 3.63) is 39.9 Å². The number of nitro groups is 1. The van der Waals surface area contributed by atoms with Crippen LogP contribution in [0.5, 0.6) is 0 Å². The zero-order chi connectivity index (χ0) is 15.1. The van der Waals surface area contributed by atoms with Crippen LogP contribution >= 0.6 is 12.4 Å². The molecule has 0 saturated heterocycles. The van der Waals surface area contributed by atoms with Crippen molar-refractivity contribution in [1.82, 2.24) is 5.32 Å².